The van der Waals surface area contributed by atoms with Crippen LogP contribution in [0.4, 0.5) is 4.39 Å². The Morgan fingerprint density at radius 2 is 1.31 bits per heavy atom. The van der Waals surface area contributed by atoms with Crippen molar-refractivity contribution in [1.29, 1.82) is 0 Å². The van der Waals surface area contributed by atoms with Gasteiger partial charge in [-0.25, -0.2) is 4.39 Å². The molecule has 0 bridgehead atoms. The van der Waals surface area contributed by atoms with Gasteiger partial charge in [0.2, 0.25) is 0 Å². The van der Waals surface area contributed by atoms with E-state index in [1.807, 2.05) is 45.9 Å². The average molecular weight is 180 g/mol. The van der Waals surface area contributed by atoms with E-state index in [0.29, 0.717) is 0 Å². The minimum Gasteiger partial charge on any atom is -0.206 e. The lowest BCUT2D eigenvalue weighted by Gasteiger charge is -2.12. The first-order chi connectivity index (χ1) is 6.04. The molecule has 0 unspecified atom stereocenters. The zero-order valence-electron chi connectivity index (χ0n) is 8.76. The Bertz CT molecular complexity index is 261. The SMILES string of the molecule is CC(C)c1cccc(C(C)C)c1F. The van der Waals surface area contributed by atoms with Gasteiger partial charge in [-0.2, -0.15) is 0 Å². The Balaban J connectivity index is 3.18. The second-order valence-electron chi connectivity index (χ2n) is 4.06. The summed E-state index contributed by atoms with van der Waals surface area (Å²) in [6, 6.07) is 5.67. The van der Waals surface area contributed by atoms with E-state index < -0.39 is 0 Å². The molecule has 0 fully saturated rings. The molecule has 0 saturated carbocycles. The molecule has 0 aromatic heterocycles. The van der Waals surface area contributed by atoms with Crippen LogP contribution in [0.1, 0.15) is 50.7 Å². The average Bonchev–Trinajstić information content (AvgIpc) is 2.03. The van der Waals surface area contributed by atoms with Crippen LogP contribution in [0.3, 0.4) is 0 Å². The standard InChI is InChI=1S/C12H17F/c1-8(2)10-6-5-7-11(9(3)4)12(10)13/h5-9H,1-4H3. The predicted molar refractivity (Wildman–Crippen MR) is 54.6 cm³/mol. The van der Waals surface area contributed by atoms with Gasteiger partial charge in [-0.05, 0) is 23.0 Å². The van der Waals surface area contributed by atoms with Crippen LogP contribution in [0, 0.1) is 5.82 Å². The van der Waals surface area contributed by atoms with Crippen LogP contribution in [0.25, 0.3) is 0 Å². The molecule has 0 aliphatic heterocycles. The summed E-state index contributed by atoms with van der Waals surface area (Å²) >= 11 is 0. The number of hydrogen-bond donors (Lipinski definition) is 0. The summed E-state index contributed by atoms with van der Waals surface area (Å²) in [7, 11) is 0. The number of halogens is 1. The van der Waals surface area contributed by atoms with Crippen molar-refractivity contribution in [3.8, 4) is 0 Å². The van der Waals surface area contributed by atoms with Crippen molar-refractivity contribution < 1.29 is 4.39 Å². The molecule has 0 atom stereocenters. The molecule has 0 spiro atoms. The first-order valence-corrected chi connectivity index (χ1v) is 4.82. The first kappa shape index (κ1) is 10.2. The highest BCUT2D eigenvalue weighted by Gasteiger charge is 2.12. The summed E-state index contributed by atoms with van der Waals surface area (Å²) in [4.78, 5) is 0. The van der Waals surface area contributed by atoms with Gasteiger partial charge in [-0.15, -0.1) is 0 Å². The summed E-state index contributed by atoms with van der Waals surface area (Å²) < 4.78 is 13.8. The van der Waals surface area contributed by atoms with Crippen LogP contribution in [-0.2, 0) is 0 Å². The van der Waals surface area contributed by atoms with Crippen molar-refractivity contribution >= 4 is 0 Å². The zero-order valence-corrected chi connectivity index (χ0v) is 8.76. The van der Waals surface area contributed by atoms with Gasteiger partial charge in [0.15, 0.2) is 0 Å². The Kier molecular flexibility index (Phi) is 3.07. The third-order valence-electron chi connectivity index (χ3n) is 2.30. The quantitative estimate of drug-likeness (QED) is 0.643. The maximum Gasteiger partial charge on any atom is 0.130 e. The van der Waals surface area contributed by atoms with Crippen LogP contribution in [0.15, 0.2) is 18.2 Å². The highest BCUT2D eigenvalue weighted by Crippen LogP contribution is 2.25. The number of hydrogen-bond acceptors (Lipinski definition) is 0. The molecule has 0 radical (unpaired) electrons. The lowest BCUT2D eigenvalue weighted by atomic mass is 9.95. The Morgan fingerprint density at radius 1 is 0.923 bits per heavy atom. The lowest BCUT2D eigenvalue weighted by Crippen LogP contribution is -1.99. The second kappa shape index (κ2) is 3.91. The van der Waals surface area contributed by atoms with Crippen LogP contribution >= 0.6 is 0 Å². The summed E-state index contributed by atoms with van der Waals surface area (Å²) in [5.74, 6) is 0.505. The molecule has 0 nitrogen and oxygen atoms in total. The van der Waals surface area contributed by atoms with Gasteiger partial charge < -0.3 is 0 Å². The van der Waals surface area contributed by atoms with Crippen molar-refractivity contribution in [2.24, 2.45) is 0 Å². The highest BCUT2D eigenvalue weighted by atomic mass is 19.1. The smallest absolute Gasteiger partial charge is 0.130 e. The van der Waals surface area contributed by atoms with Gasteiger partial charge in [0.1, 0.15) is 5.82 Å². The van der Waals surface area contributed by atoms with Gasteiger partial charge in [0.05, 0.1) is 0 Å². The van der Waals surface area contributed by atoms with E-state index in [2.05, 4.69) is 0 Å². The highest BCUT2D eigenvalue weighted by molar-refractivity contribution is 5.30. The molecule has 1 aromatic rings. The maximum absolute atomic E-state index is 13.8. The molecule has 0 aliphatic rings. The van der Waals surface area contributed by atoms with E-state index in [9.17, 15) is 4.39 Å². The Labute approximate surface area is 79.8 Å². The predicted octanol–water partition coefficient (Wildman–Crippen LogP) is 4.07. The van der Waals surface area contributed by atoms with Crippen molar-refractivity contribution in [2.45, 2.75) is 39.5 Å². The van der Waals surface area contributed by atoms with E-state index in [1.54, 1.807) is 0 Å². The Hall–Kier alpha value is -0.850. The monoisotopic (exact) mass is 180 g/mol. The zero-order chi connectivity index (χ0) is 10.0. The summed E-state index contributed by atoms with van der Waals surface area (Å²) in [5.41, 5.74) is 1.65. The molecule has 0 saturated heterocycles. The summed E-state index contributed by atoms with van der Waals surface area (Å²) in [5, 5.41) is 0. The fourth-order valence-electron chi connectivity index (χ4n) is 1.46. The van der Waals surface area contributed by atoms with Crippen molar-refractivity contribution in [2.75, 3.05) is 0 Å². The van der Waals surface area contributed by atoms with Gasteiger partial charge in [-0.3, -0.25) is 0 Å². The normalized spacial score (nSPS) is 11.3. The molecule has 72 valence electrons. The summed E-state index contributed by atoms with van der Waals surface area (Å²) in [6.45, 7) is 8.07. The largest absolute Gasteiger partial charge is 0.206 e. The van der Waals surface area contributed by atoms with E-state index in [1.165, 1.54) is 0 Å². The van der Waals surface area contributed by atoms with Crippen LogP contribution < -0.4 is 0 Å². The molecule has 0 heterocycles. The topological polar surface area (TPSA) is 0 Å². The van der Waals surface area contributed by atoms with E-state index >= 15 is 0 Å². The van der Waals surface area contributed by atoms with Gasteiger partial charge in [0.25, 0.3) is 0 Å². The molecule has 1 rings (SSSR count). The van der Waals surface area contributed by atoms with E-state index in [-0.39, 0.29) is 17.7 Å². The van der Waals surface area contributed by atoms with E-state index in [4.69, 9.17) is 0 Å². The minimum absolute atomic E-state index is 0.0208. The van der Waals surface area contributed by atoms with Gasteiger partial charge in [-0.1, -0.05) is 45.9 Å². The number of benzene rings is 1. The van der Waals surface area contributed by atoms with E-state index in [0.717, 1.165) is 11.1 Å². The minimum atomic E-state index is -0.0208. The fourth-order valence-corrected chi connectivity index (χ4v) is 1.46. The van der Waals surface area contributed by atoms with Gasteiger partial charge >= 0.3 is 0 Å². The van der Waals surface area contributed by atoms with Crippen LogP contribution in [0.5, 0.6) is 0 Å². The third-order valence-corrected chi connectivity index (χ3v) is 2.30. The van der Waals surface area contributed by atoms with Crippen LogP contribution in [0.2, 0.25) is 0 Å². The third kappa shape index (κ3) is 2.09. The molecule has 1 aromatic carbocycles. The first-order valence-electron chi connectivity index (χ1n) is 4.82. The van der Waals surface area contributed by atoms with Crippen molar-refractivity contribution in [3.63, 3.8) is 0 Å². The van der Waals surface area contributed by atoms with Crippen molar-refractivity contribution in [1.82, 2.24) is 0 Å². The lowest BCUT2D eigenvalue weighted by molar-refractivity contribution is 0.572. The molecule has 13 heavy (non-hydrogen) atoms. The molecule has 0 aliphatic carbocycles. The fraction of sp³-hybridized carbons (Fsp3) is 0.500. The summed E-state index contributed by atoms with van der Waals surface area (Å²) in [6.07, 6.45) is 0. The van der Waals surface area contributed by atoms with Crippen molar-refractivity contribution in [3.05, 3.63) is 35.1 Å². The Morgan fingerprint density at radius 3 is 1.62 bits per heavy atom. The molecular formula is C12H17F. The number of rotatable bonds is 2. The van der Waals surface area contributed by atoms with Crippen LogP contribution in [-0.4, -0.2) is 0 Å². The molecule has 1 heteroatoms. The molecular weight excluding hydrogens is 163 g/mol. The molecule has 0 amide bonds. The maximum atomic E-state index is 13.8. The van der Waals surface area contributed by atoms with Gasteiger partial charge in [0, 0.05) is 0 Å². The molecule has 0 N–H and O–H groups in total. The second-order valence-corrected chi connectivity index (χ2v) is 4.06.